The Morgan fingerprint density at radius 3 is 2.79 bits per heavy atom. The molecule has 0 aromatic heterocycles. The summed E-state index contributed by atoms with van der Waals surface area (Å²) in [6, 6.07) is 0. The van der Waals surface area contributed by atoms with Gasteiger partial charge in [0.05, 0.1) is 6.10 Å². The largest absolute Gasteiger partial charge is 0.378 e. The number of rotatable bonds is 5. The van der Waals surface area contributed by atoms with E-state index in [-0.39, 0.29) is 0 Å². The first-order valence-corrected chi connectivity index (χ1v) is 6.42. The number of halogens is 1. The van der Waals surface area contributed by atoms with Gasteiger partial charge in [-0.25, -0.2) is 0 Å². The number of alkyl halides is 1. The van der Waals surface area contributed by atoms with Crippen molar-refractivity contribution in [2.75, 3.05) is 6.61 Å². The maximum absolute atomic E-state index is 6.20. The molecule has 2 heteroatoms. The molecule has 0 amide bonds. The topological polar surface area (TPSA) is 9.23 Å². The average molecular weight is 217 g/mol. The third-order valence-corrected chi connectivity index (χ3v) is 4.42. The summed E-state index contributed by atoms with van der Waals surface area (Å²) in [6.45, 7) is 3.14. The van der Waals surface area contributed by atoms with Crippen LogP contribution in [0.15, 0.2) is 0 Å². The van der Waals surface area contributed by atoms with Gasteiger partial charge >= 0.3 is 0 Å². The Hall–Kier alpha value is 0.250. The van der Waals surface area contributed by atoms with Gasteiger partial charge < -0.3 is 4.74 Å². The van der Waals surface area contributed by atoms with Crippen molar-refractivity contribution in [1.82, 2.24) is 0 Å². The molecule has 2 unspecified atom stereocenters. The summed E-state index contributed by atoms with van der Waals surface area (Å²) in [5.41, 5.74) is 0.514. The molecule has 1 saturated carbocycles. The lowest BCUT2D eigenvalue weighted by molar-refractivity contribution is 0.100. The highest BCUT2D eigenvalue weighted by molar-refractivity contribution is 6.21. The molecule has 1 aliphatic heterocycles. The van der Waals surface area contributed by atoms with Crippen LogP contribution in [0.3, 0.4) is 0 Å². The van der Waals surface area contributed by atoms with Crippen molar-refractivity contribution in [3.63, 3.8) is 0 Å². The predicted octanol–water partition coefficient (Wildman–Crippen LogP) is 3.74. The van der Waals surface area contributed by atoms with Gasteiger partial charge in [-0.05, 0) is 50.9 Å². The zero-order valence-electron chi connectivity index (χ0n) is 9.10. The molecular weight excluding hydrogens is 196 g/mol. The van der Waals surface area contributed by atoms with Gasteiger partial charge in [0.25, 0.3) is 0 Å². The summed E-state index contributed by atoms with van der Waals surface area (Å²) >= 11 is 6.20. The molecule has 82 valence electrons. The minimum atomic E-state index is 0.368. The first-order chi connectivity index (χ1) is 6.73. The summed E-state index contributed by atoms with van der Waals surface area (Å²) in [7, 11) is 0. The molecule has 2 fully saturated rings. The van der Waals surface area contributed by atoms with Crippen molar-refractivity contribution in [2.24, 2.45) is 5.41 Å². The molecule has 0 aromatic rings. The highest BCUT2D eigenvalue weighted by atomic mass is 35.5. The van der Waals surface area contributed by atoms with E-state index in [0.717, 1.165) is 6.61 Å². The molecule has 14 heavy (non-hydrogen) atoms. The quantitative estimate of drug-likeness (QED) is 0.637. The first kappa shape index (κ1) is 10.8. The second kappa shape index (κ2) is 4.40. The van der Waals surface area contributed by atoms with Crippen LogP contribution >= 0.6 is 11.6 Å². The number of hydrogen-bond acceptors (Lipinski definition) is 1. The fourth-order valence-corrected chi connectivity index (χ4v) is 2.89. The van der Waals surface area contributed by atoms with Crippen molar-refractivity contribution in [1.29, 1.82) is 0 Å². The van der Waals surface area contributed by atoms with E-state index in [1.54, 1.807) is 0 Å². The van der Waals surface area contributed by atoms with Crippen molar-refractivity contribution in [3.8, 4) is 0 Å². The Labute approximate surface area is 92.2 Å². The Morgan fingerprint density at radius 2 is 2.29 bits per heavy atom. The second-order valence-electron chi connectivity index (χ2n) is 5.01. The molecule has 2 rings (SSSR count). The van der Waals surface area contributed by atoms with Crippen LogP contribution in [-0.2, 0) is 4.74 Å². The Balaban J connectivity index is 1.62. The van der Waals surface area contributed by atoms with E-state index in [1.165, 1.54) is 44.9 Å². The van der Waals surface area contributed by atoms with E-state index in [1.807, 2.05) is 0 Å². The predicted molar refractivity (Wildman–Crippen MR) is 59.8 cm³/mol. The molecule has 0 aromatic carbocycles. The third kappa shape index (κ3) is 2.43. The molecule has 0 spiro atoms. The van der Waals surface area contributed by atoms with Crippen LogP contribution in [0.2, 0.25) is 0 Å². The molecule has 2 atom stereocenters. The summed E-state index contributed by atoms with van der Waals surface area (Å²) in [5.74, 6) is 0. The van der Waals surface area contributed by atoms with Gasteiger partial charge in [-0.2, -0.15) is 0 Å². The molecule has 1 heterocycles. The number of ether oxygens (including phenoxy) is 1. The van der Waals surface area contributed by atoms with Crippen molar-refractivity contribution >= 4 is 11.6 Å². The first-order valence-electron chi connectivity index (χ1n) is 5.99. The van der Waals surface area contributed by atoms with E-state index in [4.69, 9.17) is 16.3 Å². The van der Waals surface area contributed by atoms with E-state index < -0.39 is 0 Å². The number of hydrogen-bond donors (Lipinski definition) is 0. The SMILES string of the molecule is CC(Cl)C1(CCCC2CCCO2)CC1. The lowest BCUT2D eigenvalue weighted by Gasteiger charge is -2.18. The maximum atomic E-state index is 6.20. The molecule has 1 nitrogen and oxygen atoms in total. The van der Waals surface area contributed by atoms with Gasteiger partial charge in [0, 0.05) is 12.0 Å². The molecule has 0 N–H and O–H groups in total. The maximum Gasteiger partial charge on any atom is 0.0576 e. The molecule has 0 bridgehead atoms. The zero-order valence-corrected chi connectivity index (χ0v) is 9.85. The Morgan fingerprint density at radius 1 is 1.50 bits per heavy atom. The molecule has 0 radical (unpaired) electrons. The van der Waals surface area contributed by atoms with Gasteiger partial charge in [-0.1, -0.05) is 6.42 Å². The smallest absolute Gasteiger partial charge is 0.0576 e. The third-order valence-electron chi connectivity index (χ3n) is 3.96. The summed E-state index contributed by atoms with van der Waals surface area (Å²) < 4.78 is 5.62. The van der Waals surface area contributed by atoms with Gasteiger partial charge in [-0.3, -0.25) is 0 Å². The molecule has 1 aliphatic carbocycles. The van der Waals surface area contributed by atoms with Crippen molar-refractivity contribution < 1.29 is 4.74 Å². The van der Waals surface area contributed by atoms with Crippen LogP contribution in [0, 0.1) is 5.41 Å². The van der Waals surface area contributed by atoms with E-state index >= 15 is 0 Å². The van der Waals surface area contributed by atoms with E-state index in [9.17, 15) is 0 Å². The van der Waals surface area contributed by atoms with Gasteiger partial charge in [-0.15, -0.1) is 11.6 Å². The van der Waals surface area contributed by atoms with Crippen LogP contribution in [0.4, 0.5) is 0 Å². The lowest BCUT2D eigenvalue weighted by atomic mass is 9.94. The van der Waals surface area contributed by atoms with Crippen LogP contribution in [0.1, 0.15) is 51.9 Å². The fourth-order valence-electron chi connectivity index (χ4n) is 2.56. The minimum absolute atomic E-state index is 0.368. The van der Waals surface area contributed by atoms with Crippen molar-refractivity contribution in [2.45, 2.75) is 63.4 Å². The summed E-state index contributed by atoms with van der Waals surface area (Å²) in [5, 5.41) is 0.368. The van der Waals surface area contributed by atoms with Gasteiger partial charge in [0.15, 0.2) is 0 Å². The molecule has 2 aliphatic rings. The van der Waals surface area contributed by atoms with E-state index in [2.05, 4.69) is 6.92 Å². The highest BCUT2D eigenvalue weighted by Gasteiger charge is 2.45. The second-order valence-corrected chi connectivity index (χ2v) is 5.66. The van der Waals surface area contributed by atoms with E-state index in [0.29, 0.717) is 16.9 Å². The molecule has 1 saturated heterocycles. The van der Waals surface area contributed by atoms with Crippen LogP contribution < -0.4 is 0 Å². The van der Waals surface area contributed by atoms with Crippen LogP contribution in [0.5, 0.6) is 0 Å². The van der Waals surface area contributed by atoms with Crippen molar-refractivity contribution in [3.05, 3.63) is 0 Å². The normalized spacial score (nSPS) is 31.7. The monoisotopic (exact) mass is 216 g/mol. The highest BCUT2D eigenvalue weighted by Crippen LogP contribution is 2.54. The lowest BCUT2D eigenvalue weighted by Crippen LogP contribution is -2.13. The summed E-state index contributed by atoms with van der Waals surface area (Å²) in [4.78, 5) is 0. The Bertz CT molecular complexity index is 181. The average Bonchev–Trinajstić information content (AvgIpc) is 2.76. The van der Waals surface area contributed by atoms with Gasteiger partial charge in [0.1, 0.15) is 0 Å². The zero-order chi connectivity index (χ0) is 10.0. The Kier molecular flexibility index (Phi) is 3.38. The standard InChI is InChI=1S/C12H21ClO/c1-10(13)12(7-8-12)6-2-4-11-5-3-9-14-11/h10-11H,2-9H2,1H3. The summed E-state index contributed by atoms with van der Waals surface area (Å²) in [6.07, 6.45) is 9.69. The van der Waals surface area contributed by atoms with Crippen LogP contribution in [-0.4, -0.2) is 18.1 Å². The van der Waals surface area contributed by atoms with Crippen LogP contribution in [0.25, 0.3) is 0 Å². The fraction of sp³-hybridized carbons (Fsp3) is 1.00. The minimum Gasteiger partial charge on any atom is -0.378 e. The van der Waals surface area contributed by atoms with Gasteiger partial charge in [0.2, 0.25) is 0 Å². The molecular formula is C12H21ClO.